The van der Waals surface area contributed by atoms with Crippen LogP contribution < -0.4 is 4.57 Å². The zero-order valence-corrected chi connectivity index (χ0v) is 21.9. The van der Waals surface area contributed by atoms with Crippen molar-refractivity contribution in [1.82, 2.24) is 0 Å². The molecule has 0 saturated carbocycles. The van der Waals surface area contributed by atoms with Gasteiger partial charge in [0.1, 0.15) is 0 Å². The Morgan fingerprint density at radius 3 is 1.74 bits per heavy atom. The molecule has 4 heteroatoms. The molecule has 1 radical (unpaired) electrons. The molecule has 3 aromatic rings. The number of hydrogen-bond donors (Lipinski definition) is 2. The van der Waals surface area contributed by atoms with Gasteiger partial charge in [-0.05, 0) is 52.7 Å². The van der Waals surface area contributed by atoms with E-state index in [-0.39, 0.29) is 32.3 Å². The molecular formula is C27H36IrNO2-. The number of aromatic nitrogens is 1. The Morgan fingerprint density at radius 1 is 0.806 bits per heavy atom. The maximum atomic E-state index is 8.06. The van der Waals surface area contributed by atoms with Gasteiger partial charge in [0.2, 0.25) is 0 Å². The van der Waals surface area contributed by atoms with Gasteiger partial charge in [-0.1, -0.05) is 48.0 Å². The molecule has 0 aliphatic carbocycles. The topological polar surface area (TPSA) is 44.3 Å². The van der Waals surface area contributed by atoms with Gasteiger partial charge in [-0.2, -0.15) is 18.6 Å². The Balaban J connectivity index is 0.000000867. The molecule has 2 aromatic carbocycles. The molecule has 0 unspecified atom stereocenters. The summed E-state index contributed by atoms with van der Waals surface area (Å²) in [5.41, 5.74) is 8.13. The van der Waals surface area contributed by atoms with E-state index in [1.165, 1.54) is 16.7 Å². The van der Waals surface area contributed by atoms with E-state index in [9.17, 15) is 0 Å². The Bertz CT molecular complexity index is 911. The summed E-state index contributed by atoms with van der Waals surface area (Å²) in [6.45, 7) is 15.3. The van der Waals surface area contributed by atoms with Crippen LogP contribution in [0.25, 0.3) is 22.4 Å². The van der Waals surface area contributed by atoms with E-state index in [1.807, 2.05) is 28.8 Å². The molecule has 1 aromatic heterocycles. The van der Waals surface area contributed by atoms with E-state index in [2.05, 4.69) is 64.2 Å². The van der Waals surface area contributed by atoms with Crippen LogP contribution in [0.15, 0.2) is 60.7 Å². The standard InChI is InChI=1S/C21H20N.2C3H8O.Ir/c1-15-10-8-9-13-19(15)20-14-16(2)21(17(3)22(20)4)18-11-6-5-7-12-18;2*1-3(2)4;/h5-14H,1,4H2,2-3H3;2*3-4H,1-2H3;/q-1;;;. The summed E-state index contributed by atoms with van der Waals surface area (Å²) in [5, 5.41) is 16.1. The fraction of sp³-hybridized carbons (Fsp3) is 0.296. The molecule has 0 spiro atoms. The van der Waals surface area contributed by atoms with Crippen molar-refractivity contribution < 1.29 is 34.9 Å². The second-order valence-corrected chi connectivity index (χ2v) is 7.81. The second-order valence-electron chi connectivity index (χ2n) is 7.81. The predicted molar refractivity (Wildman–Crippen MR) is 127 cm³/mol. The van der Waals surface area contributed by atoms with E-state index in [0.29, 0.717) is 0 Å². The largest absolute Gasteiger partial charge is 0.394 e. The van der Waals surface area contributed by atoms with Gasteiger partial charge in [0.15, 0.2) is 0 Å². The van der Waals surface area contributed by atoms with E-state index in [1.54, 1.807) is 27.7 Å². The van der Waals surface area contributed by atoms with Crippen LogP contribution in [0.2, 0.25) is 0 Å². The number of nitrogens with zero attached hydrogens (tertiary/aromatic N) is 1. The molecule has 1 heterocycles. The van der Waals surface area contributed by atoms with Gasteiger partial charge >= 0.3 is 0 Å². The molecule has 0 aliphatic heterocycles. The molecule has 0 amide bonds. The molecule has 0 bridgehead atoms. The first kappa shape index (κ1) is 28.9. The van der Waals surface area contributed by atoms with Gasteiger partial charge in [-0.25, -0.2) is 0 Å². The monoisotopic (exact) mass is 599 g/mol. The van der Waals surface area contributed by atoms with Crippen LogP contribution in [-0.4, -0.2) is 22.4 Å². The van der Waals surface area contributed by atoms with E-state index < -0.39 is 0 Å². The van der Waals surface area contributed by atoms with Gasteiger partial charge in [0, 0.05) is 39.4 Å². The summed E-state index contributed by atoms with van der Waals surface area (Å²) in [6.07, 6.45) is -0.333. The molecule has 171 valence electrons. The third-order valence-electron chi connectivity index (χ3n) is 4.16. The smallest absolute Gasteiger partial charge is 0.0863 e. The first-order valence-corrected chi connectivity index (χ1v) is 10.3. The minimum absolute atomic E-state index is 0. The Kier molecular flexibility index (Phi) is 13.1. The van der Waals surface area contributed by atoms with Crippen molar-refractivity contribution in [2.75, 3.05) is 0 Å². The fourth-order valence-electron chi connectivity index (χ4n) is 2.99. The molecule has 2 N–H and O–H groups in total. The average molecular weight is 599 g/mol. The van der Waals surface area contributed by atoms with Crippen LogP contribution in [0.1, 0.15) is 44.5 Å². The minimum atomic E-state index is -0.167. The second kappa shape index (κ2) is 14.1. The van der Waals surface area contributed by atoms with Crippen LogP contribution >= 0.6 is 0 Å². The minimum Gasteiger partial charge on any atom is -0.394 e. The number of benzene rings is 2. The first-order valence-electron chi connectivity index (χ1n) is 10.3. The van der Waals surface area contributed by atoms with Crippen molar-refractivity contribution >= 4 is 0 Å². The molecular weight excluding hydrogens is 563 g/mol. The number of rotatable bonds is 2. The normalized spacial score (nSPS) is 9.87. The number of hydrogen-bond acceptors (Lipinski definition) is 2. The molecule has 0 fully saturated rings. The molecule has 3 nitrogen and oxygen atoms in total. The average Bonchev–Trinajstić information content (AvgIpc) is 2.65. The Hall–Kier alpha value is -2.10. The summed E-state index contributed by atoms with van der Waals surface area (Å²) < 4.78 is 2.01. The first-order chi connectivity index (χ1) is 14.1. The van der Waals surface area contributed by atoms with Gasteiger partial charge < -0.3 is 14.8 Å². The van der Waals surface area contributed by atoms with Gasteiger partial charge in [-0.15, -0.1) is 17.7 Å². The van der Waals surface area contributed by atoms with Crippen molar-refractivity contribution in [1.29, 1.82) is 0 Å². The van der Waals surface area contributed by atoms with E-state index in [0.717, 1.165) is 22.5 Å². The summed E-state index contributed by atoms with van der Waals surface area (Å²) in [4.78, 5) is 0. The SMILES string of the molecule is CC(C)O.CC(C)O.[CH2-]c1ccccc1-c1cc(C)c(-c2ccccc2)c(C)[n+]1[CH2-].[Ir]. The third kappa shape index (κ3) is 9.28. The summed E-state index contributed by atoms with van der Waals surface area (Å²) >= 11 is 0. The van der Waals surface area contributed by atoms with E-state index >= 15 is 0 Å². The number of aryl methyl sites for hydroxylation is 1. The predicted octanol–water partition coefficient (Wildman–Crippen LogP) is 5.52. The third-order valence-corrected chi connectivity index (χ3v) is 4.16. The maximum absolute atomic E-state index is 8.06. The van der Waals surface area contributed by atoms with Crippen LogP contribution in [0.5, 0.6) is 0 Å². The van der Waals surface area contributed by atoms with Crippen molar-refractivity contribution in [3.63, 3.8) is 0 Å². The van der Waals surface area contributed by atoms with Crippen LogP contribution in [0.4, 0.5) is 0 Å². The molecule has 0 aliphatic rings. The Morgan fingerprint density at radius 2 is 1.26 bits per heavy atom. The summed E-state index contributed by atoms with van der Waals surface area (Å²) in [6, 6.07) is 20.9. The maximum Gasteiger partial charge on any atom is 0.0863 e. The molecule has 0 atom stereocenters. The van der Waals surface area contributed by atoms with Gasteiger partial charge in [0.05, 0.1) is 11.4 Å². The summed E-state index contributed by atoms with van der Waals surface area (Å²) in [7, 11) is 4.25. The fourth-order valence-corrected chi connectivity index (χ4v) is 2.99. The molecule has 0 saturated heterocycles. The van der Waals surface area contributed by atoms with Crippen molar-refractivity contribution in [3.05, 3.63) is 91.5 Å². The van der Waals surface area contributed by atoms with Crippen LogP contribution in [0.3, 0.4) is 0 Å². The van der Waals surface area contributed by atoms with Crippen molar-refractivity contribution in [3.8, 4) is 22.4 Å². The van der Waals surface area contributed by atoms with Crippen molar-refractivity contribution in [2.45, 2.75) is 53.8 Å². The van der Waals surface area contributed by atoms with Crippen molar-refractivity contribution in [2.24, 2.45) is 0 Å². The number of pyridine rings is 1. The Labute approximate surface area is 202 Å². The summed E-state index contributed by atoms with van der Waals surface area (Å²) in [5.74, 6) is 0. The number of aliphatic hydroxyl groups excluding tert-OH is 2. The van der Waals surface area contributed by atoms with Crippen LogP contribution in [0, 0.1) is 27.8 Å². The molecule has 3 rings (SSSR count). The zero-order valence-electron chi connectivity index (χ0n) is 19.5. The van der Waals surface area contributed by atoms with Gasteiger partial charge in [-0.3, -0.25) is 0 Å². The zero-order chi connectivity index (χ0) is 22.8. The van der Waals surface area contributed by atoms with Crippen LogP contribution in [-0.2, 0) is 20.1 Å². The van der Waals surface area contributed by atoms with Gasteiger partial charge in [0.25, 0.3) is 0 Å². The molecule has 31 heavy (non-hydrogen) atoms. The quantitative estimate of drug-likeness (QED) is 0.302. The number of aliphatic hydroxyl groups is 2. The van der Waals surface area contributed by atoms with E-state index in [4.69, 9.17) is 10.2 Å².